The Morgan fingerprint density at radius 1 is 0.972 bits per heavy atom. The first-order valence-corrected chi connectivity index (χ1v) is 12.8. The molecule has 3 aromatic rings. The fourth-order valence-electron chi connectivity index (χ4n) is 3.87. The van der Waals surface area contributed by atoms with Gasteiger partial charge < -0.3 is 5.32 Å². The van der Waals surface area contributed by atoms with Gasteiger partial charge in [0.2, 0.25) is 5.91 Å². The van der Waals surface area contributed by atoms with Gasteiger partial charge in [-0.3, -0.25) is 9.10 Å². The van der Waals surface area contributed by atoms with E-state index in [4.69, 9.17) is 11.6 Å². The monoisotopic (exact) mass is 538 g/mol. The quantitative estimate of drug-likeness (QED) is 0.381. The molecule has 0 aliphatic rings. The van der Waals surface area contributed by atoms with E-state index in [2.05, 4.69) is 5.32 Å². The van der Waals surface area contributed by atoms with Crippen molar-refractivity contribution in [3.63, 3.8) is 0 Å². The molecule has 0 spiro atoms. The Balaban J connectivity index is 1.99. The molecule has 0 bridgehead atoms. The number of anilines is 1. The molecule has 10 heteroatoms. The Morgan fingerprint density at radius 3 is 2.19 bits per heavy atom. The summed E-state index contributed by atoms with van der Waals surface area (Å²) in [6.45, 7) is 6.85. The lowest BCUT2D eigenvalue weighted by molar-refractivity contribution is -0.137. The molecule has 192 valence electrons. The van der Waals surface area contributed by atoms with Crippen LogP contribution in [0.25, 0.3) is 0 Å². The maximum atomic E-state index is 13.5. The average Bonchev–Trinajstić information content (AvgIpc) is 2.80. The van der Waals surface area contributed by atoms with Crippen LogP contribution in [0.1, 0.15) is 40.8 Å². The number of halogens is 4. The number of aryl methyl sites for hydroxylation is 3. The van der Waals surface area contributed by atoms with Crippen molar-refractivity contribution < 1.29 is 26.4 Å². The van der Waals surface area contributed by atoms with E-state index in [9.17, 15) is 26.4 Å². The van der Waals surface area contributed by atoms with Crippen molar-refractivity contribution in [2.75, 3.05) is 10.8 Å². The van der Waals surface area contributed by atoms with Gasteiger partial charge >= 0.3 is 6.18 Å². The normalized spacial score (nSPS) is 12.8. The number of sulfonamides is 1. The van der Waals surface area contributed by atoms with E-state index in [1.165, 1.54) is 24.3 Å². The zero-order valence-corrected chi connectivity index (χ0v) is 21.7. The van der Waals surface area contributed by atoms with Crippen molar-refractivity contribution >= 4 is 33.2 Å². The molecule has 0 saturated carbocycles. The number of nitrogens with zero attached hydrogens (tertiary/aromatic N) is 1. The van der Waals surface area contributed by atoms with Crippen molar-refractivity contribution in [3.8, 4) is 0 Å². The van der Waals surface area contributed by atoms with E-state index in [0.29, 0.717) is 10.4 Å². The van der Waals surface area contributed by atoms with Crippen molar-refractivity contribution in [1.29, 1.82) is 0 Å². The van der Waals surface area contributed by atoms with Gasteiger partial charge in [0.25, 0.3) is 10.0 Å². The van der Waals surface area contributed by atoms with Crippen LogP contribution in [0.3, 0.4) is 0 Å². The van der Waals surface area contributed by atoms with E-state index in [1.807, 2.05) is 32.9 Å². The number of nitrogens with one attached hydrogen (secondary N) is 1. The van der Waals surface area contributed by atoms with Crippen LogP contribution in [-0.4, -0.2) is 20.9 Å². The highest BCUT2D eigenvalue weighted by Crippen LogP contribution is 2.38. The highest BCUT2D eigenvalue weighted by Gasteiger charge is 2.35. The van der Waals surface area contributed by atoms with Gasteiger partial charge in [0.15, 0.2) is 0 Å². The highest BCUT2D eigenvalue weighted by atomic mass is 35.5. The van der Waals surface area contributed by atoms with Gasteiger partial charge in [0, 0.05) is 0 Å². The molecule has 5 nitrogen and oxygen atoms in total. The molecule has 3 rings (SSSR count). The first-order chi connectivity index (χ1) is 16.7. The molecule has 0 radical (unpaired) electrons. The summed E-state index contributed by atoms with van der Waals surface area (Å²) in [4.78, 5) is 12.9. The maximum Gasteiger partial charge on any atom is 0.417 e. The summed E-state index contributed by atoms with van der Waals surface area (Å²) in [7, 11) is -4.38. The van der Waals surface area contributed by atoms with Crippen molar-refractivity contribution in [1.82, 2.24) is 5.32 Å². The molecule has 1 atom stereocenters. The first-order valence-electron chi connectivity index (χ1n) is 11.0. The predicted molar refractivity (Wildman–Crippen MR) is 135 cm³/mol. The lowest BCUT2D eigenvalue weighted by Gasteiger charge is -2.26. The van der Waals surface area contributed by atoms with E-state index in [-0.39, 0.29) is 10.6 Å². The molecule has 1 amide bonds. The summed E-state index contributed by atoms with van der Waals surface area (Å²) in [5.74, 6) is -0.678. The average molecular weight is 539 g/mol. The SMILES string of the molecule is Cc1cc(C)c(C(C)NC(=O)CN(c2ccc(Cl)c(C(F)(F)F)c2)S(=O)(=O)c2ccccc2)cc1C. The molecular formula is C26H26ClF3N2O3S. The standard InChI is InChI=1S/C26H26ClF3N2O3S/c1-16-12-18(3)22(13-17(16)2)19(4)31-25(33)15-32(36(34,35)21-8-6-5-7-9-21)20-10-11-24(27)23(14-20)26(28,29)30/h5-14,19H,15H2,1-4H3,(H,31,33). The van der Waals surface area contributed by atoms with Crippen LogP contribution in [0.15, 0.2) is 65.6 Å². The van der Waals surface area contributed by atoms with E-state index >= 15 is 0 Å². The van der Waals surface area contributed by atoms with Crippen LogP contribution in [0.4, 0.5) is 18.9 Å². The zero-order valence-electron chi connectivity index (χ0n) is 20.2. The zero-order chi connectivity index (χ0) is 26.8. The van der Waals surface area contributed by atoms with Crippen molar-refractivity contribution in [2.45, 2.75) is 44.8 Å². The van der Waals surface area contributed by atoms with Gasteiger partial charge in [0.05, 0.1) is 27.2 Å². The number of benzene rings is 3. The number of rotatable bonds is 7. The Kier molecular flexibility index (Phi) is 8.05. The van der Waals surface area contributed by atoms with Gasteiger partial charge in [0.1, 0.15) is 6.54 Å². The van der Waals surface area contributed by atoms with Gasteiger partial charge in [-0.15, -0.1) is 0 Å². The summed E-state index contributed by atoms with van der Waals surface area (Å²) in [5.41, 5.74) is 2.40. The number of alkyl halides is 3. The Labute approximate surface area is 213 Å². The van der Waals surface area contributed by atoms with Crippen molar-refractivity contribution in [3.05, 3.63) is 93.5 Å². The first kappa shape index (κ1) is 27.5. The second-order valence-electron chi connectivity index (χ2n) is 8.57. The number of amides is 1. The smallest absolute Gasteiger partial charge is 0.348 e. The molecule has 0 saturated heterocycles. The topological polar surface area (TPSA) is 66.5 Å². The third-order valence-corrected chi connectivity index (χ3v) is 8.01. The fourth-order valence-corrected chi connectivity index (χ4v) is 5.52. The summed E-state index contributed by atoms with van der Waals surface area (Å²) < 4.78 is 68.0. The Hall–Kier alpha value is -3.04. The minimum absolute atomic E-state index is 0.167. The largest absolute Gasteiger partial charge is 0.417 e. The van der Waals surface area contributed by atoms with Crippen molar-refractivity contribution in [2.24, 2.45) is 0 Å². The molecule has 0 aliphatic heterocycles. The molecule has 0 aromatic heterocycles. The third-order valence-electron chi connectivity index (χ3n) is 5.89. The second kappa shape index (κ2) is 10.5. The molecule has 1 N–H and O–H groups in total. The Bertz CT molecular complexity index is 1380. The van der Waals surface area contributed by atoms with E-state index in [1.54, 1.807) is 13.0 Å². The molecule has 0 heterocycles. The second-order valence-corrected chi connectivity index (χ2v) is 10.8. The summed E-state index contributed by atoms with van der Waals surface area (Å²) in [5, 5.41) is 2.19. The minimum atomic E-state index is -4.81. The predicted octanol–water partition coefficient (Wildman–Crippen LogP) is 6.36. The van der Waals surface area contributed by atoms with Crippen LogP contribution < -0.4 is 9.62 Å². The van der Waals surface area contributed by atoms with Crippen LogP contribution in [0.5, 0.6) is 0 Å². The Morgan fingerprint density at radius 2 is 1.58 bits per heavy atom. The number of carbonyl (C=O) groups is 1. The number of hydrogen-bond acceptors (Lipinski definition) is 3. The minimum Gasteiger partial charge on any atom is -0.348 e. The van der Waals surface area contributed by atoms with E-state index in [0.717, 1.165) is 34.4 Å². The molecule has 3 aromatic carbocycles. The van der Waals surface area contributed by atoms with Gasteiger partial charge in [-0.05, 0) is 80.3 Å². The molecular weight excluding hydrogens is 513 g/mol. The molecule has 0 aliphatic carbocycles. The van der Waals surface area contributed by atoms with Crippen LogP contribution in [0, 0.1) is 20.8 Å². The van der Waals surface area contributed by atoms with Crippen LogP contribution >= 0.6 is 11.6 Å². The highest BCUT2D eigenvalue weighted by molar-refractivity contribution is 7.92. The summed E-state index contributed by atoms with van der Waals surface area (Å²) in [6.07, 6.45) is -4.81. The third kappa shape index (κ3) is 6.02. The lowest BCUT2D eigenvalue weighted by Crippen LogP contribution is -2.41. The molecule has 1 unspecified atom stereocenters. The number of hydrogen-bond donors (Lipinski definition) is 1. The lowest BCUT2D eigenvalue weighted by atomic mass is 9.96. The van der Waals surface area contributed by atoms with Gasteiger partial charge in [-0.2, -0.15) is 13.2 Å². The fraction of sp³-hybridized carbons (Fsp3) is 0.269. The van der Waals surface area contributed by atoms with Crippen LogP contribution in [-0.2, 0) is 21.0 Å². The van der Waals surface area contributed by atoms with E-state index < -0.39 is 45.3 Å². The van der Waals surface area contributed by atoms with Gasteiger partial charge in [-0.1, -0.05) is 41.9 Å². The van der Waals surface area contributed by atoms with Gasteiger partial charge in [-0.25, -0.2) is 8.42 Å². The molecule has 36 heavy (non-hydrogen) atoms. The maximum absolute atomic E-state index is 13.5. The molecule has 0 fully saturated rings. The summed E-state index contributed by atoms with van der Waals surface area (Å²) in [6, 6.07) is 13.4. The number of carbonyl (C=O) groups excluding carboxylic acids is 1. The van der Waals surface area contributed by atoms with Crippen LogP contribution in [0.2, 0.25) is 5.02 Å². The summed E-state index contributed by atoms with van der Waals surface area (Å²) >= 11 is 5.73.